The van der Waals surface area contributed by atoms with Crippen LogP contribution in [-0.2, 0) is 25.6 Å². The summed E-state index contributed by atoms with van der Waals surface area (Å²) in [4.78, 5) is 50.1. The summed E-state index contributed by atoms with van der Waals surface area (Å²) < 4.78 is 0. The van der Waals surface area contributed by atoms with Gasteiger partial charge in [-0.1, -0.05) is 87.5 Å². The molecule has 44 heavy (non-hydrogen) atoms. The molecule has 1 amide bonds. The molecule has 0 aliphatic rings. The molecule has 0 aliphatic carbocycles. The number of nitrogens with one attached hydrogen (secondary N) is 1. The molecule has 2 aromatic rings. The van der Waals surface area contributed by atoms with Crippen LogP contribution in [-0.4, -0.2) is 46.3 Å². The fourth-order valence-corrected chi connectivity index (χ4v) is 4.98. The Kier molecular flexibility index (Phi) is 15.5. The summed E-state index contributed by atoms with van der Waals surface area (Å²) in [5.41, 5.74) is 4.21. The number of aliphatic carboxylic acids is 1. The summed E-state index contributed by atoms with van der Waals surface area (Å²) in [5.74, 6) is -3.08. The minimum atomic E-state index is -0.985. The van der Waals surface area contributed by atoms with E-state index in [0.717, 1.165) is 22.3 Å². The van der Waals surface area contributed by atoms with Gasteiger partial charge >= 0.3 is 5.97 Å². The highest BCUT2D eigenvalue weighted by Crippen LogP contribution is 2.19. The Labute approximate surface area is 262 Å². The second kappa shape index (κ2) is 18.7. The predicted octanol–water partition coefficient (Wildman–Crippen LogP) is 6.29. The number of rotatable bonds is 19. The number of aliphatic hydroxyl groups excluding tert-OH is 1. The van der Waals surface area contributed by atoms with Crippen LogP contribution in [0.25, 0.3) is 6.08 Å². The van der Waals surface area contributed by atoms with Crippen LogP contribution >= 0.6 is 0 Å². The number of carboxylic acids is 1. The number of aryl methyl sites for hydroxylation is 2. The van der Waals surface area contributed by atoms with Crippen molar-refractivity contribution in [3.63, 3.8) is 0 Å². The summed E-state index contributed by atoms with van der Waals surface area (Å²) in [6.45, 7) is 9.84. The van der Waals surface area contributed by atoms with Crippen molar-refractivity contribution in [3.8, 4) is 0 Å². The van der Waals surface area contributed by atoms with Gasteiger partial charge in [-0.3, -0.25) is 19.2 Å². The molecule has 7 heteroatoms. The van der Waals surface area contributed by atoms with E-state index in [9.17, 15) is 29.4 Å². The van der Waals surface area contributed by atoms with Gasteiger partial charge in [0.25, 0.3) is 0 Å². The smallest absolute Gasteiger partial charge is 0.306 e. The Hall–Kier alpha value is -3.84. The fourth-order valence-electron chi connectivity index (χ4n) is 4.98. The van der Waals surface area contributed by atoms with Crippen LogP contribution in [0.3, 0.4) is 0 Å². The number of hydrogen-bond donors (Lipinski definition) is 3. The van der Waals surface area contributed by atoms with E-state index in [1.54, 1.807) is 6.08 Å². The van der Waals surface area contributed by atoms with E-state index in [-0.39, 0.29) is 55.1 Å². The molecule has 4 atom stereocenters. The molecule has 0 aromatic heterocycles. The molecule has 3 N–H and O–H groups in total. The maximum Gasteiger partial charge on any atom is 0.306 e. The maximum atomic E-state index is 13.2. The molecule has 238 valence electrons. The van der Waals surface area contributed by atoms with Crippen molar-refractivity contribution in [2.24, 2.45) is 23.7 Å². The molecule has 0 saturated heterocycles. The van der Waals surface area contributed by atoms with Crippen LogP contribution in [0.2, 0.25) is 0 Å². The summed E-state index contributed by atoms with van der Waals surface area (Å²) >= 11 is 0. The van der Waals surface area contributed by atoms with Crippen LogP contribution in [0, 0.1) is 37.5 Å². The normalized spacial score (nSPS) is 14.4. The molecule has 2 rings (SSSR count). The van der Waals surface area contributed by atoms with Crippen LogP contribution in [0.5, 0.6) is 0 Å². The molecule has 2 aromatic carbocycles. The average molecular weight is 604 g/mol. The fraction of sp³-hybridized carbons (Fsp3) is 0.459. The number of amides is 1. The molecule has 0 fully saturated rings. The number of aliphatic hydroxyl groups is 1. The third-order valence-electron chi connectivity index (χ3n) is 7.83. The highest BCUT2D eigenvalue weighted by molar-refractivity contribution is 5.93. The molecule has 0 radical (unpaired) electrons. The largest absolute Gasteiger partial charge is 0.481 e. The van der Waals surface area contributed by atoms with Crippen molar-refractivity contribution in [1.29, 1.82) is 0 Å². The summed E-state index contributed by atoms with van der Waals surface area (Å²) in [7, 11) is 0. The number of carbonyl (C=O) groups is 4. The first-order valence-corrected chi connectivity index (χ1v) is 15.5. The van der Waals surface area contributed by atoms with Gasteiger partial charge < -0.3 is 15.5 Å². The molecule has 0 heterocycles. The second-order valence-electron chi connectivity index (χ2n) is 12.3. The summed E-state index contributed by atoms with van der Waals surface area (Å²) in [6, 6.07) is 15.8. The van der Waals surface area contributed by atoms with Crippen molar-refractivity contribution in [2.75, 3.05) is 6.54 Å². The lowest BCUT2D eigenvalue weighted by molar-refractivity contribution is -0.144. The standard InChI is InChI=1S/C37H49NO6/c1-25(2)20-32(37(43)44)24-34(40)18-19-38-36(42)31(22-30-17-14-26(3)28(5)21-30)23-33(39)12-9-13-35(41)27(4)15-16-29-10-7-6-8-11-29/h6-12,14-17,21,25,27,31-32,35,41H,13,18-20,22-24H2,1-5H3,(H,38,42)(H,43,44)/b12-9+,16-15+/t27-,31+,32-,35+/m1/s1. The van der Waals surface area contributed by atoms with Gasteiger partial charge in [0.15, 0.2) is 5.78 Å². The average Bonchev–Trinajstić information content (AvgIpc) is 2.97. The lowest BCUT2D eigenvalue weighted by Crippen LogP contribution is -2.34. The Balaban J connectivity index is 1.98. The van der Waals surface area contributed by atoms with E-state index >= 15 is 0 Å². The first-order chi connectivity index (χ1) is 20.8. The Morgan fingerprint density at radius 2 is 1.61 bits per heavy atom. The first-order valence-electron chi connectivity index (χ1n) is 15.5. The van der Waals surface area contributed by atoms with Gasteiger partial charge in [-0.2, -0.15) is 0 Å². The van der Waals surface area contributed by atoms with Crippen molar-refractivity contribution in [1.82, 2.24) is 5.32 Å². The van der Waals surface area contributed by atoms with Crippen molar-refractivity contribution < 1.29 is 29.4 Å². The SMILES string of the molecule is Cc1ccc(C[C@@H](CC(=O)/C=C/C[C@H](O)[C@H](C)/C=C/c2ccccc2)C(=O)NCCC(=O)C[C@@H](CC(C)C)C(=O)O)cc1C. The first kappa shape index (κ1) is 36.4. The monoisotopic (exact) mass is 603 g/mol. The van der Waals surface area contributed by atoms with Crippen LogP contribution < -0.4 is 5.32 Å². The van der Waals surface area contributed by atoms with Crippen LogP contribution in [0.15, 0.2) is 66.8 Å². The topological polar surface area (TPSA) is 121 Å². The zero-order valence-corrected chi connectivity index (χ0v) is 26.8. The Morgan fingerprint density at radius 1 is 0.909 bits per heavy atom. The third kappa shape index (κ3) is 13.6. The number of hydrogen-bond acceptors (Lipinski definition) is 5. The van der Waals surface area contributed by atoms with E-state index in [2.05, 4.69) is 5.32 Å². The molecule has 0 saturated carbocycles. The summed E-state index contributed by atoms with van der Waals surface area (Å²) in [6.07, 6.45) is 7.36. The van der Waals surface area contributed by atoms with E-state index in [0.29, 0.717) is 19.3 Å². The molecule has 0 unspecified atom stereocenters. The minimum absolute atomic E-state index is 0.0156. The molecule has 7 nitrogen and oxygen atoms in total. The van der Waals surface area contributed by atoms with Gasteiger partial charge in [0, 0.05) is 37.6 Å². The van der Waals surface area contributed by atoms with Crippen LogP contribution in [0.4, 0.5) is 0 Å². The van der Waals surface area contributed by atoms with E-state index in [1.807, 2.05) is 95.3 Å². The van der Waals surface area contributed by atoms with Gasteiger partial charge in [-0.25, -0.2) is 0 Å². The number of allylic oxidation sites excluding steroid dienone is 1. The van der Waals surface area contributed by atoms with Gasteiger partial charge in [0.1, 0.15) is 5.78 Å². The summed E-state index contributed by atoms with van der Waals surface area (Å²) in [5, 5.41) is 22.8. The van der Waals surface area contributed by atoms with Gasteiger partial charge in [0.05, 0.1) is 12.0 Å². The zero-order chi connectivity index (χ0) is 32.6. The number of carbonyl (C=O) groups excluding carboxylic acids is 3. The van der Waals surface area contributed by atoms with Gasteiger partial charge in [-0.05, 0) is 67.4 Å². The second-order valence-corrected chi connectivity index (χ2v) is 12.3. The number of benzene rings is 2. The van der Waals surface area contributed by atoms with Gasteiger partial charge in [0.2, 0.25) is 5.91 Å². The Bertz CT molecular complexity index is 1300. The van der Waals surface area contributed by atoms with Gasteiger partial charge in [-0.15, -0.1) is 0 Å². The quantitative estimate of drug-likeness (QED) is 0.162. The van der Waals surface area contributed by atoms with E-state index in [1.165, 1.54) is 6.08 Å². The zero-order valence-electron chi connectivity index (χ0n) is 26.8. The highest BCUT2D eigenvalue weighted by Gasteiger charge is 2.24. The number of Topliss-reactive ketones (excluding diaryl/α,β-unsaturated/α-hetero) is 1. The van der Waals surface area contributed by atoms with E-state index < -0.39 is 23.9 Å². The third-order valence-corrected chi connectivity index (χ3v) is 7.83. The lowest BCUT2D eigenvalue weighted by atomic mass is 9.91. The molecular weight excluding hydrogens is 554 g/mol. The minimum Gasteiger partial charge on any atom is -0.481 e. The van der Waals surface area contributed by atoms with Crippen LogP contribution in [0.1, 0.15) is 75.1 Å². The molecule has 0 aliphatic heterocycles. The molecule has 0 bridgehead atoms. The predicted molar refractivity (Wildman–Crippen MR) is 175 cm³/mol. The number of carboxylic acid groups (broad SMARTS) is 1. The van der Waals surface area contributed by atoms with Crippen molar-refractivity contribution >= 4 is 29.5 Å². The van der Waals surface area contributed by atoms with Crippen molar-refractivity contribution in [2.45, 2.75) is 79.2 Å². The Morgan fingerprint density at radius 3 is 2.25 bits per heavy atom. The molecular formula is C37H49NO6. The lowest BCUT2D eigenvalue weighted by Gasteiger charge is -2.17. The van der Waals surface area contributed by atoms with E-state index in [4.69, 9.17) is 0 Å². The molecule has 0 spiro atoms. The number of ketones is 2. The highest BCUT2D eigenvalue weighted by atomic mass is 16.4. The van der Waals surface area contributed by atoms with Crippen molar-refractivity contribution in [3.05, 3.63) is 89.0 Å². The maximum absolute atomic E-state index is 13.2.